The number of benzene rings is 2. The summed E-state index contributed by atoms with van der Waals surface area (Å²) in [6.45, 7) is 0. The van der Waals surface area contributed by atoms with E-state index in [1.165, 1.54) is 13.2 Å². The minimum Gasteiger partial charge on any atom is -0.495 e. The molecule has 21 heavy (non-hydrogen) atoms. The molecule has 2 aromatic rings. The Morgan fingerprint density at radius 1 is 1.10 bits per heavy atom. The second-order valence-electron chi connectivity index (χ2n) is 4.36. The van der Waals surface area contributed by atoms with E-state index in [0.29, 0.717) is 22.7 Å². The van der Waals surface area contributed by atoms with Crippen molar-refractivity contribution in [1.82, 2.24) is 0 Å². The molecule has 0 aliphatic carbocycles. The molecule has 0 radical (unpaired) electrons. The van der Waals surface area contributed by atoms with Crippen LogP contribution in [0.15, 0.2) is 42.5 Å². The second-order valence-corrected chi connectivity index (χ2v) is 4.36. The Morgan fingerprint density at radius 3 is 2.43 bits per heavy atom. The Hall–Kier alpha value is -3.02. The highest BCUT2D eigenvalue weighted by Gasteiger charge is 2.10. The summed E-state index contributed by atoms with van der Waals surface area (Å²) >= 11 is 0. The van der Waals surface area contributed by atoms with Gasteiger partial charge < -0.3 is 21.5 Å². The first-order valence-corrected chi connectivity index (χ1v) is 6.16. The van der Waals surface area contributed by atoms with Crippen molar-refractivity contribution in [2.24, 2.45) is 5.73 Å². The SMILES string of the molecule is COc1ccc(NC(=O)c2cccc(C(N)=O)c2)cc1N. The number of primary amides is 1. The molecule has 0 saturated carbocycles. The van der Waals surface area contributed by atoms with E-state index in [1.54, 1.807) is 36.4 Å². The largest absolute Gasteiger partial charge is 0.495 e. The van der Waals surface area contributed by atoms with E-state index in [-0.39, 0.29) is 11.5 Å². The Balaban J connectivity index is 2.20. The summed E-state index contributed by atoms with van der Waals surface area (Å²) in [5.41, 5.74) is 12.5. The zero-order valence-corrected chi connectivity index (χ0v) is 11.4. The first-order valence-electron chi connectivity index (χ1n) is 6.16. The predicted octanol–water partition coefficient (Wildman–Crippen LogP) is 1.63. The lowest BCUT2D eigenvalue weighted by atomic mass is 10.1. The van der Waals surface area contributed by atoms with Crippen LogP contribution in [0.25, 0.3) is 0 Å². The van der Waals surface area contributed by atoms with Crippen molar-refractivity contribution in [2.75, 3.05) is 18.2 Å². The van der Waals surface area contributed by atoms with Crippen LogP contribution in [0.1, 0.15) is 20.7 Å². The van der Waals surface area contributed by atoms with E-state index in [4.69, 9.17) is 16.2 Å². The molecule has 0 heterocycles. The molecule has 0 spiro atoms. The van der Waals surface area contributed by atoms with Gasteiger partial charge in [-0.05, 0) is 36.4 Å². The molecule has 0 aliphatic rings. The molecule has 2 amide bonds. The first-order chi connectivity index (χ1) is 10.0. The van der Waals surface area contributed by atoms with E-state index in [1.807, 2.05) is 0 Å². The van der Waals surface area contributed by atoms with Gasteiger partial charge >= 0.3 is 0 Å². The lowest BCUT2D eigenvalue weighted by Crippen LogP contribution is -2.15. The number of nitrogens with two attached hydrogens (primary N) is 2. The smallest absolute Gasteiger partial charge is 0.255 e. The van der Waals surface area contributed by atoms with Gasteiger partial charge in [0.2, 0.25) is 5.91 Å². The molecular weight excluding hydrogens is 270 g/mol. The Labute approximate surface area is 121 Å². The number of rotatable bonds is 4. The second kappa shape index (κ2) is 5.96. The zero-order chi connectivity index (χ0) is 15.4. The van der Waals surface area contributed by atoms with E-state index in [0.717, 1.165) is 0 Å². The molecule has 0 aromatic heterocycles. The average Bonchev–Trinajstić information content (AvgIpc) is 2.47. The highest BCUT2D eigenvalue weighted by Crippen LogP contribution is 2.24. The van der Waals surface area contributed by atoms with Crippen molar-refractivity contribution < 1.29 is 14.3 Å². The maximum atomic E-state index is 12.1. The molecule has 5 N–H and O–H groups in total. The molecule has 0 saturated heterocycles. The molecule has 0 fully saturated rings. The highest BCUT2D eigenvalue weighted by molar-refractivity contribution is 6.06. The Kier molecular flexibility index (Phi) is 4.08. The van der Waals surface area contributed by atoms with Gasteiger partial charge in [-0.2, -0.15) is 0 Å². The molecule has 0 atom stereocenters. The van der Waals surface area contributed by atoms with Gasteiger partial charge in [-0.1, -0.05) is 6.07 Å². The average molecular weight is 285 g/mol. The van der Waals surface area contributed by atoms with Crippen LogP contribution in [0, 0.1) is 0 Å². The summed E-state index contributed by atoms with van der Waals surface area (Å²) in [5, 5.41) is 2.69. The first kappa shape index (κ1) is 14.4. The van der Waals surface area contributed by atoms with Crippen molar-refractivity contribution in [3.05, 3.63) is 53.6 Å². The Bertz CT molecular complexity index is 698. The third-order valence-electron chi connectivity index (χ3n) is 2.90. The molecule has 0 aliphatic heterocycles. The van der Waals surface area contributed by atoms with Crippen LogP contribution in [0.4, 0.5) is 11.4 Å². The van der Waals surface area contributed by atoms with Crippen LogP contribution < -0.4 is 21.5 Å². The minimum absolute atomic E-state index is 0.275. The summed E-state index contributed by atoms with van der Waals surface area (Å²) < 4.78 is 5.04. The van der Waals surface area contributed by atoms with E-state index >= 15 is 0 Å². The van der Waals surface area contributed by atoms with Gasteiger partial charge in [-0.25, -0.2) is 0 Å². The van der Waals surface area contributed by atoms with Gasteiger partial charge in [0.15, 0.2) is 0 Å². The van der Waals surface area contributed by atoms with Crippen molar-refractivity contribution in [1.29, 1.82) is 0 Å². The maximum absolute atomic E-state index is 12.1. The van der Waals surface area contributed by atoms with Crippen LogP contribution >= 0.6 is 0 Å². The molecule has 0 bridgehead atoms. The van der Waals surface area contributed by atoms with Crippen molar-refractivity contribution in [3.63, 3.8) is 0 Å². The summed E-state index contributed by atoms with van der Waals surface area (Å²) in [6.07, 6.45) is 0. The van der Waals surface area contributed by atoms with Crippen LogP contribution in [0.3, 0.4) is 0 Å². The lowest BCUT2D eigenvalue weighted by Gasteiger charge is -2.09. The van der Waals surface area contributed by atoms with Crippen LogP contribution in [0.5, 0.6) is 5.75 Å². The summed E-state index contributed by atoms with van der Waals surface area (Å²) in [4.78, 5) is 23.2. The van der Waals surface area contributed by atoms with Gasteiger partial charge in [-0.3, -0.25) is 9.59 Å². The van der Waals surface area contributed by atoms with E-state index < -0.39 is 5.91 Å². The fraction of sp³-hybridized carbons (Fsp3) is 0.0667. The monoisotopic (exact) mass is 285 g/mol. The molecule has 6 nitrogen and oxygen atoms in total. The third-order valence-corrected chi connectivity index (χ3v) is 2.90. The number of anilines is 2. The number of nitrogen functional groups attached to an aromatic ring is 1. The number of carbonyl (C=O) groups excluding carboxylic acids is 2. The number of hydrogen-bond acceptors (Lipinski definition) is 4. The zero-order valence-electron chi connectivity index (χ0n) is 11.4. The molecular formula is C15H15N3O3. The number of methoxy groups -OCH3 is 1. The fourth-order valence-electron chi connectivity index (χ4n) is 1.83. The van der Waals surface area contributed by atoms with Crippen molar-refractivity contribution >= 4 is 23.2 Å². The van der Waals surface area contributed by atoms with Gasteiger partial charge in [0, 0.05) is 16.8 Å². The molecule has 0 unspecified atom stereocenters. The minimum atomic E-state index is -0.585. The van der Waals surface area contributed by atoms with Gasteiger partial charge in [-0.15, -0.1) is 0 Å². The van der Waals surface area contributed by atoms with Gasteiger partial charge in [0.25, 0.3) is 5.91 Å². The number of ether oxygens (including phenoxy) is 1. The standard InChI is InChI=1S/C15H15N3O3/c1-21-13-6-5-11(8-12(13)16)18-15(20)10-4-2-3-9(7-10)14(17)19/h2-8H,16H2,1H3,(H2,17,19)(H,18,20). The predicted molar refractivity (Wildman–Crippen MR) is 80.3 cm³/mol. The Morgan fingerprint density at radius 2 is 1.81 bits per heavy atom. The fourth-order valence-corrected chi connectivity index (χ4v) is 1.83. The molecule has 2 aromatic carbocycles. The molecule has 108 valence electrons. The molecule has 6 heteroatoms. The quantitative estimate of drug-likeness (QED) is 0.742. The molecule has 2 rings (SSSR count). The number of carbonyl (C=O) groups is 2. The van der Waals surface area contributed by atoms with E-state index in [9.17, 15) is 9.59 Å². The number of nitrogens with one attached hydrogen (secondary N) is 1. The van der Waals surface area contributed by atoms with Crippen molar-refractivity contribution in [2.45, 2.75) is 0 Å². The number of amides is 2. The van der Waals surface area contributed by atoms with Crippen LogP contribution in [0.2, 0.25) is 0 Å². The summed E-state index contributed by atoms with van der Waals surface area (Å²) in [7, 11) is 1.51. The van der Waals surface area contributed by atoms with Crippen LogP contribution in [-0.2, 0) is 0 Å². The summed E-state index contributed by atoms with van der Waals surface area (Å²) in [5.74, 6) is -0.412. The van der Waals surface area contributed by atoms with Crippen molar-refractivity contribution in [3.8, 4) is 5.75 Å². The lowest BCUT2D eigenvalue weighted by molar-refractivity contribution is 0.1000. The maximum Gasteiger partial charge on any atom is 0.255 e. The third kappa shape index (κ3) is 3.30. The van der Waals surface area contributed by atoms with Crippen LogP contribution in [-0.4, -0.2) is 18.9 Å². The van der Waals surface area contributed by atoms with Gasteiger partial charge in [0.1, 0.15) is 5.75 Å². The summed E-state index contributed by atoms with van der Waals surface area (Å²) in [6, 6.07) is 11.1. The number of hydrogen-bond donors (Lipinski definition) is 3. The normalized spacial score (nSPS) is 9.95. The van der Waals surface area contributed by atoms with E-state index in [2.05, 4.69) is 5.32 Å². The highest BCUT2D eigenvalue weighted by atomic mass is 16.5. The van der Waals surface area contributed by atoms with Gasteiger partial charge in [0.05, 0.1) is 12.8 Å². The topological polar surface area (TPSA) is 107 Å².